The minimum atomic E-state index is -0.318. The Morgan fingerprint density at radius 3 is 2.54 bits per heavy atom. The van der Waals surface area contributed by atoms with E-state index < -0.39 is 0 Å². The van der Waals surface area contributed by atoms with Gasteiger partial charge in [-0.15, -0.1) is 0 Å². The van der Waals surface area contributed by atoms with Crippen LogP contribution in [0.15, 0.2) is 48.5 Å². The first-order chi connectivity index (χ1) is 11.6. The van der Waals surface area contributed by atoms with Gasteiger partial charge in [0.2, 0.25) is 0 Å². The van der Waals surface area contributed by atoms with Crippen LogP contribution in [-0.2, 0) is 11.2 Å². The first-order valence-electron chi connectivity index (χ1n) is 7.71. The fourth-order valence-corrected chi connectivity index (χ4v) is 2.17. The van der Waals surface area contributed by atoms with Crippen LogP contribution in [0.1, 0.15) is 18.1 Å². The molecule has 2 aromatic rings. The summed E-state index contributed by atoms with van der Waals surface area (Å²) in [6, 6.07) is 15.4. The van der Waals surface area contributed by atoms with Gasteiger partial charge in [-0.1, -0.05) is 31.2 Å². The maximum atomic E-state index is 11.8. The van der Waals surface area contributed by atoms with Crippen LogP contribution in [0.4, 0.5) is 5.69 Å². The zero-order valence-corrected chi connectivity index (χ0v) is 14.6. The Bertz CT molecular complexity index is 702. The molecule has 24 heavy (non-hydrogen) atoms. The van der Waals surface area contributed by atoms with Gasteiger partial charge < -0.3 is 10.1 Å². The number of thiocarbonyl (C=S) groups is 1. The van der Waals surface area contributed by atoms with E-state index in [9.17, 15) is 4.79 Å². The molecule has 0 spiro atoms. The highest BCUT2D eigenvalue weighted by molar-refractivity contribution is 7.80. The van der Waals surface area contributed by atoms with Crippen molar-refractivity contribution < 1.29 is 9.53 Å². The molecule has 0 aliphatic carbocycles. The summed E-state index contributed by atoms with van der Waals surface area (Å²) in [5.74, 6) is 0.337. The number of amides is 1. The lowest BCUT2D eigenvalue weighted by Crippen LogP contribution is -2.45. The molecular weight excluding hydrogens is 322 g/mol. The SMILES string of the molecule is CCc1ccc(NC(=S)NNC(=O)COc2cccc(C)c2)cc1. The molecule has 0 saturated heterocycles. The number of ether oxygens (including phenoxy) is 1. The molecule has 0 saturated carbocycles. The smallest absolute Gasteiger partial charge is 0.276 e. The van der Waals surface area contributed by atoms with Crippen molar-refractivity contribution in [3.8, 4) is 5.75 Å². The van der Waals surface area contributed by atoms with Gasteiger partial charge >= 0.3 is 0 Å². The first kappa shape index (κ1) is 17.7. The van der Waals surface area contributed by atoms with Crippen molar-refractivity contribution in [1.82, 2.24) is 10.9 Å². The quantitative estimate of drug-likeness (QED) is 0.575. The van der Waals surface area contributed by atoms with Crippen molar-refractivity contribution in [3.05, 3.63) is 59.7 Å². The average molecular weight is 343 g/mol. The third kappa shape index (κ3) is 5.89. The number of carbonyl (C=O) groups is 1. The van der Waals surface area contributed by atoms with Crippen molar-refractivity contribution in [2.24, 2.45) is 0 Å². The van der Waals surface area contributed by atoms with Gasteiger partial charge in [0.25, 0.3) is 5.91 Å². The maximum Gasteiger partial charge on any atom is 0.276 e. The van der Waals surface area contributed by atoms with Gasteiger partial charge in [-0.25, -0.2) is 0 Å². The van der Waals surface area contributed by atoms with Crippen molar-refractivity contribution in [3.63, 3.8) is 0 Å². The zero-order valence-electron chi connectivity index (χ0n) is 13.8. The van der Waals surface area contributed by atoms with Gasteiger partial charge in [0.1, 0.15) is 5.75 Å². The number of anilines is 1. The number of rotatable bonds is 5. The van der Waals surface area contributed by atoms with E-state index in [2.05, 4.69) is 23.1 Å². The van der Waals surface area contributed by atoms with Crippen LogP contribution in [0.25, 0.3) is 0 Å². The minimum absolute atomic E-state index is 0.0930. The molecule has 0 fully saturated rings. The number of aryl methyl sites for hydroxylation is 2. The Labute approximate surface area is 147 Å². The Balaban J connectivity index is 1.71. The molecule has 126 valence electrons. The molecule has 2 aromatic carbocycles. The van der Waals surface area contributed by atoms with Crippen LogP contribution >= 0.6 is 12.2 Å². The van der Waals surface area contributed by atoms with Crippen LogP contribution in [0.5, 0.6) is 5.75 Å². The molecule has 5 nitrogen and oxygen atoms in total. The molecule has 0 radical (unpaired) electrons. The summed E-state index contributed by atoms with van der Waals surface area (Å²) in [4.78, 5) is 11.8. The number of carbonyl (C=O) groups excluding carboxylic acids is 1. The van der Waals surface area contributed by atoms with Gasteiger partial charge in [-0.05, 0) is 61.0 Å². The minimum Gasteiger partial charge on any atom is -0.484 e. The predicted octanol–water partition coefficient (Wildman–Crippen LogP) is 2.95. The number of nitrogens with one attached hydrogen (secondary N) is 3. The maximum absolute atomic E-state index is 11.8. The van der Waals surface area contributed by atoms with Gasteiger partial charge in [0, 0.05) is 5.69 Å². The van der Waals surface area contributed by atoms with E-state index in [1.807, 2.05) is 49.4 Å². The highest BCUT2D eigenvalue weighted by atomic mass is 32.1. The Morgan fingerprint density at radius 1 is 1.12 bits per heavy atom. The van der Waals surface area contributed by atoms with Crippen molar-refractivity contribution in [1.29, 1.82) is 0 Å². The van der Waals surface area contributed by atoms with Crippen molar-refractivity contribution in [2.45, 2.75) is 20.3 Å². The third-order valence-corrected chi connectivity index (χ3v) is 3.50. The fourth-order valence-electron chi connectivity index (χ4n) is 2.00. The predicted molar refractivity (Wildman–Crippen MR) is 100.0 cm³/mol. The Hall–Kier alpha value is -2.60. The molecule has 1 amide bonds. The highest BCUT2D eigenvalue weighted by Crippen LogP contribution is 2.12. The lowest BCUT2D eigenvalue weighted by molar-refractivity contribution is -0.123. The molecule has 3 N–H and O–H groups in total. The lowest BCUT2D eigenvalue weighted by atomic mass is 10.1. The summed E-state index contributed by atoms with van der Waals surface area (Å²) < 4.78 is 5.41. The number of hydrogen-bond donors (Lipinski definition) is 3. The molecular formula is C18H21N3O2S. The third-order valence-electron chi connectivity index (χ3n) is 3.29. The molecule has 0 atom stereocenters. The van der Waals surface area contributed by atoms with Crippen molar-refractivity contribution >= 4 is 28.9 Å². The van der Waals surface area contributed by atoms with E-state index in [0.717, 1.165) is 17.7 Å². The normalized spacial score (nSPS) is 9.92. The second kappa shape index (κ2) is 8.88. The largest absolute Gasteiger partial charge is 0.484 e. The van der Waals surface area contributed by atoms with Crippen molar-refractivity contribution in [2.75, 3.05) is 11.9 Å². The first-order valence-corrected chi connectivity index (χ1v) is 8.12. The summed E-state index contributed by atoms with van der Waals surface area (Å²) in [6.07, 6.45) is 0.986. The van der Waals surface area contributed by atoms with E-state index in [4.69, 9.17) is 17.0 Å². The topological polar surface area (TPSA) is 62.4 Å². The van der Waals surface area contributed by atoms with Gasteiger partial charge in [0.15, 0.2) is 11.7 Å². The van der Waals surface area contributed by atoms with Crippen LogP contribution in [-0.4, -0.2) is 17.6 Å². The molecule has 0 unspecified atom stereocenters. The fraction of sp³-hybridized carbons (Fsp3) is 0.222. The summed E-state index contributed by atoms with van der Waals surface area (Å²) in [7, 11) is 0. The van der Waals surface area contributed by atoms with E-state index in [1.54, 1.807) is 6.07 Å². The molecule has 2 rings (SSSR count). The van der Waals surface area contributed by atoms with Gasteiger partial charge in [-0.3, -0.25) is 15.6 Å². The zero-order chi connectivity index (χ0) is 17.4. The monoisotopic (exact) mass is 343 g/mol. The van der Waals surface area contributed by atoms with E-state index in [0.29, 0.717) is 10.9 Å². The molecule has 0 aliphatic rings. The second-order valence-corrected chi connectivity index (χ2v) is 5.69. The average Bonchev–Trinajstić information content (AvgIpc) is 2.59. The Morgan fingerprint density at radius 2 is 1.88 bits per heavy atom. The molecule has 6 heteroatoms. The number of hydrazine groups is 1. The summed E-state index contributed by atoms with van der Waals surface area (Å²) in [5.41, 5.74) is 8.32. The van der Waals surface area contributed by atoms with Crippen LogP contribution in [0, 0.1) is 6.92 Å². The molecule has 0 bridgehead atoms. The van der Waals surface area contributed by atoms with Gasteiger partial charge in [-0.2, -0.15) is 0 Å². The summed E-state index contributed by atoms with van der Waals surface area (Å²) in [5, 5.41) is 3.30. The summed E-state index contributed by atoms with van der Waals surface area (Å²) >= 11 is 5.13. The summed E-state index contributed by atoms with van der Waals surface area (Å²) in [6.45, 7) is 3.97. The molecule has 0 heterocycles. The van der Waals surface area contributed by atoms with Crippen LogP contribution in [0.3, 0.4) is 0 Å². The number of hydrogen-bond acceptors (Lipinski definition) is 3. The standard InChI is InChI=1S/C18H21N3O2S/c1-3-14-7-9-15(10-8-14)19-18(24)21-20-17(22)12-23-16-6-4-5-13(2)11-16/h4-11H,3,12H2,1-2H3,(H,20,22)(H2,19,21,24). The number of benzene rings is 2. The van der Waals surface area contributed by atoms with E-state index in [1.165, 1.54) is 5.56 Å². The Kier molecular flexibility index (Phi) is 6.57. The highest BCUT2D eigenvalue weighted by Gasteiger charge is 2.04. The van der Waals surface area contributed by atoms with Gasteiger partial charge in [0.05, 0.1) is 0 Å². The van der Waals surface area contributed by atoms with Crippen LogP contribution < -0.4 is 20.9 Å². The lowest BCUT2D eigenvalue weighted by Gasteiger charge is -2.12. The van der Waals surface area contributed by atoms with Crippen LogP contribution in [0.2, 0.25) is 0 Å². The molecule has 0 aromatic heterocycles. The van der Waals surface area contributed by atoms with E-state index >= 15 is 0 Å². The van der Waals surface area contributed by atoms with E-state index in [-0.39, 0.29) is 12.5 Å². The second-order valence-electron chi connectivity index (χ2n) is 5.28. The molecule has 0 aliphatic heterocycles.